The number of ether oxygens (including phenoxy) is 3. The van der Waals surface area contributed by atoms with Crippen molar-refractivity contribution in [1.29, 1.82) is 0 Å². The number of benzene rings is 2. The molecule has 1 spiro atoms. The monoisotopic (exact) mass is 621 g/mol. The first-order chi connectivity index (χ1) is 22.3. The molecule has 0 unspecified atom stereocenters. The molecule has 2 amide bonds. The number of aromatic amines is 1. The van der Waals surface area contributed by atoms with Gasteiger partial charge in [-0.1, -0.05) is 24.3 Å². The highest BCUT2D eigenvalue weighted by molar-refractivity contribution is 6.06. The van der Waals surface area contributed by atoms with E-state index < -0.39 is 17.5 Å². The number of rotatable bonds is 2. The van der Waals surface area contributed by atoms with Crippen molar-refractivity contribution < 1.29 is 28.6 Å². The number of H-pyrrole nitrogens is 1. The van der Waals surface area contributed by atoms with Crippen molar-refractivity contribution in [3.05, 3.63) is 93.8 Å². The molecule has 2 aromatic carbocycles. The lowest BCUT2D eigenvalue weighted by atomic mass is 9.79. The van der Waals surface area contributed by atoms with Crippen LogP contribution in [0.3, 0.4) is 0 Å². The van der Waals surface area contributed by atoms with Crippen molar-refractivity contribution in [1.82, 2.24) is 20.1 Å². The number of hydrogen-bond donors (Lipinski definition) is 2. The first-order valence-corrected chi connectivity index (χ1v) is 15.4. The van der Waals surface area contributed by atoms with Crippen LogP contribution in [0, 0.1) is 6.92 Å². The van der Waals surface area contributed by atoms with Gasteiger partial charge in [0.25, 0.3) is 5.91 Å². The standard InChI is InChI=1S/C35H35N5O6/c1-21-12-23(13-27-20-37-39-30(21)27)15-29-32(41)40(2)7-9-45-11-10-44-8-3-4-22-14-28-31(36-19-22)38-34(43)35(28)17-25-6-5-24(33(42)46-29)16-26(25)18-35/h3-6,12-14,16,19-20,29H,7-11,15,17-18H2,1-2H3,(H,37,39)(H,36,38,43)/b4-3-/t29-,35-/m1/s1. The molecule has 46 heavy (non-hydrogen) atoms. The summed E-state index contributed by atoms with van der Waals surface area (Å²) in [4.78, 5) is 46.9. The van der Waals surface area contributed by atoms with Gasteiger partial charge in [0.1, 0.15) is 5.82 Å². The molecule has 2 aliphatic heterocycles. The maximum atomic E-state index is 13.7. The molecule has 4 aromatic rings. The number of nitrogens with one attached hydrogen (secondary N) is 2. The highest BCUT2D eigenvalue weighted by Crippen LogP contribution is 2.47. The van der Waals surface area contributed by atoms with Crippen LogP contribution in [0.25, 0.3) is 17.0 Å². The lowest BCUT2D eigenvalue weighted by Crippen LogP contribution is -2.42. The minimum absolute atomic E-state index is 0.104. The number of esters is 1. The van der Waals surface area contributed by atoms with Gasteiger partial charge in [0.2, 0.25) is 5.91 Å². The van der Waals surface area contributed by atoms with Gasteiger partial charge in [0, 0.05) is 37.2 Å². The molecular weight excluding hydrogens is 586 g/mol. The molecule has 11 heteroatoms. The third-order valence-electron chi connectivity index (χ3n) is 9.11. The van der Waals surface area contributed by atoms with E-state index in [0.29, 0.717) is 57.2 Å². The SMILES string of the molecule is Cc1cc(C[C@H]2OC(=O)c3ccc4c(c3)C[C@@]3(C4)C(=O)Nc4ncc(cc43)/C=C\COCCOCCN(C)C2=O)cc2cn[nH]c12. The summed E-state index contributed by atoms with van der Waals surface area (Å²) < 4.78 is 17.4. The van der Waals surface area contributed by atoms with Crippen molar-refractivity contribution in [2.24, 2.45) is 0 Å². The quantitative estimate of drug-likeness (QED) is 0.325. The maximum Gasteiger partial charge on any atom is 0.338 e. The molecule has 2 N–H and O–H groups in total. The van der Waals surface area contributed by atoms with Crippen LogP contribution in [0.2, 0.25) is 0 Å². The second-order valence-corrected chi connectivity index (χ2v) is 12.2. The van der Waals surface area contributed by atoms with Crippen LogP contribution in [-0.2, 0) is 48.5 Å². The van der Waals surface area contributed by atoms with Crippen molar-refractivity contribution in [3.8, 4) is 0 Å². The number of carbonyl (C=O) groups excluding carboxylic acids is 3. The Morgan fingerprint density at radius 2 is 1.85 bits per heavy atom. The van der Waals surface area contributed by atoms with Gasteiger partial charge in [-0.05, 0) is 71.8 Å². The van der Waals surface area contributed by atoms with E-state index in [1.54, 1.807) is 31.6 Å². The molecule has 236 valence electrons. The Hall–Kier alpha value is -4.87. The Balaban J connectivity index is 1.20. The lowest BCUT2D eigenvalue weighted by molar-refractivity contribution is -0.140. The van der Waals surface area contributed by atoms with Gasteiger partial charge in [0.15, 0.2) is 6.10 Å². The minimum Gasteiger partial charge on any atom is -0.448 e. The molecule has 2 aromatic heterocycles. The van der Waals surface area contributed by atoms with E-state index in [4.69, 9.17) is 14.2 Å². The number of likely N-dealkylation sites (N-methyl/N-ethyl adjacent to an activating group) is 1. The van der Waals surface area contributed by atoms with Crippen LogP contribution in [0.1, 0.15) is 43.7 Å². The van der Waals surface area contributed by atoms with E-state index in [9.17, 15) is 14.4 Å². The summed E-state index contributed by atoms with van der Waals surface area (Å²) in [6, 6.07) is 11.3. The van der Waals surface area contributed by atoms with E-state index in [1.165, 1.54) is 4.90 Å². The zero-order valence-electron chi connectivity index (χ0n) is 25.8. The summed E-state index contributed by atoms with van der Waals surface area (Å²) in [6.07, 6.45) is 7.36. The molecule has 0 saturated carbocycles. The first kappa shape index (κ1) is 29.8. The normalized spacial score (nSPS) is 22.8. The molecule has 5 bridgehead atoms. The topological polar surface area (TPSA) is 136 Å². The number of nitrogens with zero attached hydrogens (tertiary/aromatic N) is 3. The van der Waals surface area contributed by atoms with Crippen molar-refractivity contribution in [2.75, 3.05) is 45.3 Å². The summed E-state index contributed by atoms with van der Waals surface area (Å²) >= 11 is 0. The van der Waals surface area contributed by atoms with Gasteiger partial charge >= 0.3 is 5.97 Å². The van der Waals surface area contributed by atoms with Crippen molar-refractivity contribution >= 4 is 40.6 Å². The smallest absolute Gasteiger partial charge is 0.338 e. The van der Waals surface area contributed by atoms with Gasteiger partial charge in [-0.3, -0.25) is 14.7 Å². The molecular formula is C35H35N5O6. The van der Waals surface area contributed by atoms with E-state index in [1.807, 2.05) is 43.3 Å². The molecule has 3 aliphatic rings. The highest BCUT2D eigenvalue weighted by Gasteiger charge is 2.51. The van der Waals surface area contributed by atoms with Crippen LogP contribution in [0.5, 0.6) is 0 Å². The van der Waals surface area contributed by atoms with E-state index in [0.717, 1.165) is 44.3 Å². The van der Waals surface area contributed by atoms with Gasteiger partial charge in [-0.15, -0.1) is 0 Å². The number of amides is 2. The van der Waals surface area contributed by atoms with Crippen LogP contribution < -0.4 is 5.32 Å². The maximum absolute atomic E-state index is 13.7. The molecule has 4 heterocycles. The average molecular weight is 622 g/mol. The Bertz CT molecular complexity index is 1880. The van der Waals surface area contributed by atoms with E-state index in [-0.39, 0.29) is 18.2 Å². The largest absolute Gasteiger partial charge is 0.448 e. The zero-order valence-corrected chi connectivity index (χ0v) is 25.8. The summed E-state index contributed by atoms with van der Waals surface area (Å²) in [5.74, 6) is -0.467. The second kappa shape index (κ2) is 12.1. The number of anilines is 1. The number of pyridine rings is 1. The zero-order chi connectivity index (χ0) is 31.8. The number of aryl methyl sites for hydroxylation is 1. The van der Waals surface area contributed by atoms with Crippen molar-refractivity contribution in [2.45, 2.75) is 37.7 Å². The molecule has 2 atom stereocenters. The predicted octanol–water partition coefficient (Wildman–Crippen LogP) is 3.54. The lowest BCUT2D eigenvalue weighted by Gasteiger charge is -2.24. The van der Waals surface area contributed by atoms with E-state index in [2.05, 4.69) is 20.5 Å². The third kappa shape index (κ3) is 5.56. The second-order valence-electron chi connectivity index (χ2n) is 12.2. The fourth-order valence-electron chi connectivity index (χ4n) is 6.67. The summed E-state index contributed by atoms with van der Waals surface area (Å²) in [5.41, 5.74) is 5.87. The van der Waals surface area contributed by atoms with Gasteiger partial charge < -0.3 is 24.4 Å². The Labute approximate surface area is 265 Å². The number of fused-ring (bicyclic) bond motifs is 3. The molecule has 0 radical (unpaired) electrons. The van der Waals surface area contributed by atoms with Crippen LogP contribution >= 0.6 is 0 Å². The molecule has 0 fully saturated rings. The molecule has 0 saturated heterocycles. The third-order valence-corrected chi connectivity index (χ3v) is 9.11. The molecule has 7 rings (SSSR count). The fourth-order valence-corrected chi connectivity index (χ4v) is 6.67. The number of aromatic nitrogens is 3. The molecule has 11 nitrogen and oxygen atoms in total. The number of hydrogen-bond acceptors (Lipinski definition) is 8. The van der Waals surface area contributed by atoms with Crippen LogP contribution in [-0.4, -0.2) is 84.0 Å². The van der Waals surface area contributed by atoms with Gasteiger partial charge in [0.05, 0.1) is 49.1 Å². The summed E-state index contributed by atoms with van der Waals surface area (Å²) in [7, 11) is 1.68. The Morgan fingerprint density at radius 1 is 1.00 bits per heavy atom. The van der Waals surface area contributed by atoms with Gasteiger partial charge in [-0.2, -0.15) is 5.10 Å². The predicted molar refractivity (Wildman–Crippen MR) is 170 cm³/mol. The van der Waals surface area contributed by atoms with Crippen LogP contribution in [0.4, 0.5) is 5.82 Å². The number of cyclic esters (lactones) is 1. The Kier molecular flexibility index (Phi) is 7.87. The fraction of sp³-hybridized carbons (Fsp3) is 0.343. The Morgan fingerprint density at radius 3 is 2.74 bits per heavy atom. The first-order valence-electron chi connectivity index (χ1n) is 15.4. The molecule has 1 aliphatic carbocycles. The van der Waals surface area contributed by atoms with Gasteiger partial charge in [-0.25, -0.2) is 9.78 Å². The van der Waals surface area contributed by atoms with E-state index >= 15 is 0 Å². The minimum atomic E-state index is -1.06. The van der Waals surface area contributed by atoms with Crippen molar-refractivity contribution in [3.63, 3.8) is 0 Å². The highest BCUT2D eigenvalue weighted by atomic mass is 16.5. The van der Waals surface area contributed by atoms with Crippen LogP contribution in [0.15, 0.2) is 54.9 Å². The summed E-state index contributed by atoms with van der Waals surface area (Å²) in [6.45, 7) is 3.75. The summed E-state index contributed by atoms with van der Waals surface area (Å²) in [5, 5.41) is 11.0. The number of carbonyl (C=O) groups is 3. The average Bonchev–Trinajstić information content (AvgIpc) is 3.75.